The summed E-state index contributed by atoms with van der Waals surface area (Å²) in [5.41, 5.74) is 2.92. The summed E-state index contributed by atoms with van der Waals surface area (Å²) in [6.45, 7) is 6.97. The number of aliphatic hydroxyl groups excluding tert-OH is 1. The van der Waals surface area contributed by atoms with E-state index in [0.717, 1.165) is 0 Å². The first-order chi connectivity index (χ1) is 6.52. The van der Waals surface area contributed by atoms with E-state index >= 15 is 0 Å². The van der Waals surface area contributed by atoms with Crippen LogP contribution in [0.25, 0.3) is 0 Å². The molecule has 0 radical (unpaired) electrons. The van der Waals surface area contributed by atoms with Gasteiger partial charge in [-0.1, -0.05) is 13.8 Å². The Hall–Kier alpha value is 0.400. The monoisotopic (exact) mass is 230 g/mol. The molecule has 0 saturated carbocycles. The van der Waals surface area contributed by atoms with Crippen LogP contribution in [-0.2, 0) is 0 Å². The molecule has 0 aromatic rings. The van der Waals surface area contributed by atoms with E-state index < -0.39 is 0 Å². The molecular formula is C11H18OS2. The quantitative estimate of drug-likeness (QED) is 0.700. The van der Waals surface area contributed by atoms with Gasteiger partial charge < -0.3 is 5.11 Å². The van der Waals surface area contributed by atoms with Crippen LogP contribution in [0.15, 0.2) is 11.1 Å². The smallest absolute Gasteiger partial charge is 0.0830 e. The Morgan fingerprint density at radius 2 is 1.86 bits per heavy atom. The zero-order chi connectivity index (χ0) is 10.4. The van der Waals surface area contributed by atoms with Crippen molar-refractivity contribution in [1.82, 2.24) is 0 Å². The van der Waals surface area contributed by atoms with Crippen LogP contribution in [0, 0.1) is 5.41 Å². The second-order valence-corrected chi connectivity index (χ2v) is 7.82. The van der Waals surface area contributed by atoms with Gasteiger partial charge in [-0.25, -0.2) is 0 Å². The van der Waals surface area contributed by atoms with Crippen LogP contribution in [0.4, 0.5) is 0 Å². The van der Waals surface area contributed by atoms with E-state index in [1.54, 1.807) is 0 Å². The summed E-state index contributed by atoms with van der Waals surface area (Å²) < 4.78 is 0.307. The molecule has 1 fully saturated rings. The van der Waals surface area contributed by atoms with Crippen molar-refractivity contribution in [1.29, 1.82) is 0 Å². The van der Waals surface area contributed by atoms with E-state index in [4.69, 9.17) is 0 Å². The summed E-state index contributed by atoms with van der Waals surface area (Å²) in [4.78, 5) is 0. The molecule has 0 unspecified atom stereocenters. The maximum atomic E-state index is 9.44. The molecule has 1 heterocycles. The topological polar surface area (TPSA) is 20.2 Å². The van der Waals surface area contributed by atoms with Gasteiger partial charge in [-0.15, -0.1) is 23.5 Å². The Morgan fingerprint density at radius 1 is 1.29 bits per heavy atom. The number of hydrogen-bond donors (Lipinski definition) is 1. The van der Waals surface area contributed by atoms with Crippen LogP contribution >= 0.6 is 23.5 Å². The van der Waals surface area contributed by atoms with E-state index in [2.05, 4.69) is 44.3 Å². The van der Waals surface area contributed by atoms with E-state index in [1.807, 2.05) is 0 Å². The van der Waals surface area contributed by atoms with Crippen molar-refractivity contribution in [3.63, 3.8) is 0 Å². The highest BCUT2D eigenvalue weighted by Gasteiger charge is 2.49. The van der Waals surface area contributed by atoms with Crippen LogP contribution < -0.4 is 0 Å². The average molecular weight is 230 g/mol. The highest BCUT2D eigenvalue weighted by atomic mass is 32.2. The lowest BCUT2D eigenvalue weighted by Crippen LogP contribution is -2.19. The molecule has 0 aromatic carbocycles. The molecule has 1 spiro atoms. The molecule has 0 amide bonds. The molecule has 1 aliphatic heterocycles. The van der Waals surface area contributed by atoms with Gasteiger partial charge in [0, 0.05) is 11.5 Å². The van der Waals surface area contributed by atoms with Crippen LogP contribution in [0.3, 0.4) is 0 Å². The zero-order valence-electron chi connectivity index (χ0n) is 9.09. The van der Waals surface area contributed by atoms with Crippen molar-refractivity contribution in [2.75, 3.05) is 18.1 Å². The summed E-state index contributed by atoms with van der Waals surface area (Å²) in [6, 6.07) is 0. The lowest BCUT2D eigenvalue weighted by Gasteiger charge is -2.27. The second-order valence-electron chi connectivity index (χ2n) is 4.77. The Bertz CT molecular complexity index is 275. The first-order valence-corrected chi connectivity index (χ1v) is 7.08. The standard InChI is InChI=1S/C11H18OS2/c1-8-9(6-12)10(2,3)7-11(8)13-4-5-14-11/h12H,4-7H2,1-3H3. The number of thioether (sulfide) groups is 2. The molecule has 80 valence electrons. The molecule has 0 bridgehead atoms. The van der Waals surface area contributed by atoms with Crippen molar-refractivity contribution in [3.05, 3.63) is 11.1 Å². The molecule has 1 saturated heterocycles. The summed E-state index contributed by atoms with van der Waals surface area (Å²) >= 11 is 4.15. The third kappa shape index (κ3) is 1.44. The fraction of sp³-hybridized carbons (Fsp3) is 0.818. The Kier molecular flexibility index (Phi) is 2.70. The maximum absolute atomic E-state index is 9.44. The van der Waals surface area contributed by atoms with E-state index in [-0.39, 0.29) is 12.0 Å². The number of rotatable bonds is 1. The van der Waals surface area contributed by atoms with Crippen molar-refractivity contribution in [2.24, 2.45) is 5.41 Å². The highest BCUT2D eigenvalue weighted by molar-refractivity contribution is 8.21. The molecule has 2 aliphatic rings. The van der Waals surface area contributed by atoms with Gasteiger partial charge in [-0.05, 0) is 29.9 Å². The highest BCUT2D eigenvalue weighted by Crippen LogP contribution is 2.61. The molecule has 2 rings (SSSR count). The van der Waals surface area contributed by atoms with Crippen molar-refractivity contribution >= 4 is 23.5 Å². The van der Waals surface area contributed by atoms with E-state index in [0.29, 0.717) is 4.08 Å². The van der Waals surface area contributed by atoms with Gasteiger partial charge in [-0.3, -0.25) is 0 Å². The minimum absolute atomic E-state index is 0.198. The predicted octanol–water partition coefficient (Wildman–Crippen LogP) is 2.90. The third-order valence-electron chi connectivity index (χ3n) is 3.43. The lowest BCUT2D eigenvalue weighted by atomic mass is 9.86. The third-order valence-corrected chi connectivity index (χ3v) is 7.04. The van der Waals surface area contributed by atoms with Gasteiger partial charge in [0.1, 0.15) is 0 Å². The summed E-state index contributed by atoms with van der Waals surface area (Å²) in [7, 11) is 0. The molecule has 1 N–H and O–H groups in total. The van der Waals surface area contributed by atoms with Crippen LogP contribution in [0.1, 0.15) is 27.2 Å². The molecule has 14 heavy (non-hydrogen) atoms. The number of hydrogen-bond acceptors (Lipinski definition) is 3. The van der Waals surface area contributed by atoms with Gasteiger partial charge in [0.25, 0.3) is 0 Å². The maximum Gasteiger partial charge on any atom is 0.0830 e. The van der Waals surface area contributed by atoms with Crippen molar-refractivity contribution < 1.29 is 5.11 Å². The van der Waals surface area contributed by atoms with Crippen LogP contribution in [-0.4, -0.2) is 27.3 Å². The van der Waals surface area contributed by atoms with E-state index in [9.17, 15) is 5.11 Å². The first-order valence-electron chi connectivity index (χ1n) is 5.11. The Labute approximate surface area is 94.7 Å². The van der Waals surface area contributed by atoms with Crippen LogP contribution in [0.2, 0.25) is 0 Å². The lowest BCUT2D eigenvalue weighted by molar-refractivity contribution is 0.290. The minimum Gasteiger partial charge on any atom is -0.392 e. The molecule has 0 atom stereocenters. The minimum atomic E-state index is 0.198. The molecule has 1 nitrogen and oxygen atoms in total. The van der Waals surface area contributed by atoms with Crippen LogP contribution in [0.5, 0.6) is 0 Å². The summed E-state index contributed by atoms with van der Waals surface area (Å²) in [5, 5.41) is 9.44. The van der Waals surface area contributed by atoms with E-state index in [1.165, 1.54) is 29.1 Å². The average Bonchev–Trinajstić information content (AvgIpc) is 2.59. The van der Waals surface area contributed by atoms with Gasteiger partial charge in [0.15, 0.2) is 0 Å². The van der Waals surface area contributed by atoms with Crippen molar-refractivity contribution in [3.8, 4) is 0 Å². The van der Waals surface area contributed by atoms with Gasteiger partial charge in [-0.2, -0.15) is 0 Å². The normalized spacial score (nSPS) is 29.1. The Balaban J connectivity index is 2.38. The largest absolute Gasteiger partial charge is 0.392 e. The number of aliphatic hydroxyl groups is 1. The predicted molar refractivity (Wildman–Crippen MR) is 65.8 cm³/mol. The fourth-order valence-electron chi connectivity index (χ4n) is 2.66. The van der Waals surface area contributed by atoms with Gasteiger partial charge in [0.2, 0.25) is 0 Å². The first kappa shape index (κ1) is 10.9. The Morgan fingerprint density at radius 3 is 2.29 bits per heavy atom. The van der Waals surface area contributed by atoms with Gasteiger partial charge >= 0.3 is 0 Å². The molecule has 3 heteroatoms. The molecular weight excluding hydrogens is 212 g/mol. The molecule has 1 aliphatic carbocycles. The fourth-order valence-corrected chi connectivity index (χ4v) is 6.43. The van der Waals surface area contributed by atoms with Gasteiger partial charge in [0.05, 0.1) is 10.7 Å². The summed E-state index contributed by atoms with van der Waals surface area (Å²) in [6.07, 6.45) is 1.19. The second kappa shape index (κ2) is 3.46. The molecule has 0 aromatic heterocycles. The summed E-state index contributed by atoms with van der Waals surface area (Å²) in [5.74, 6) is 2.52. The zero-order valence-corrected chi connectivity index (χ0v) is 10.7. The SMILES string of the molecule is CC1=C(CO)C(C)(C)CC12SCCS2. The van der Waals surface area contributed by atoms with Crippen molar-refractivity contribution in [2.45, 2.75) is 31.3 Å².